The molecule has 0 spiro atoms. The van der Waals surface area contributed by atoms with Gasteiger partial charge in [-0.3, -0.25) is 9.78 Å². The third-order valence-corrected chi connectivity index (χ3v) is 3.35. The minimum atomic E-state index is -0.367. The molecule has 7 heteroatoms. The van der Waals surface area contributed by atoms with Crippen molar-refractivity contribution < 1.29 is 4.79 Å². The van der Waals surface area contributed by atoms with Gasteiger partial charge in [0.05, 0.1) is 23.9 Å². The number of nitriles is 1. The van der Waals surface area contributed by atoms with Crippen molar-refractivity contribution in [1.29, 1.82) is 5.26 Å². The van der Waals surface area contributed by atoms with Crippen molar-refractivity contribution in [3.8, 4) is 6.07 Å². The fourth-order valence-electron chi connectivity index (χ4n) is 2.05. The molecule has 2 N–H and O–H groups in total. The van der Waals surface area contributed by atoms with Crippen LogP contribution in [0.5, 0.6) is 0 Å². The summed E-state index contributed by atoms with van der Waals surface area (Å²) in [7, 11) is 0. The van der Waals surface area contributed by atoms with Crippen LogP contribution in [0.25, 0.3) is 0 Å². The van der Waals surface area contributed by atoms with Gasteiger partial charge in [-0.2, -0.15) is 5.26 Å². The molecule has 0 aliphatic heterocycles. The largest absolute Gasteiger partial charge is 0.363 e. The van der Waals surface area contributed by atoms with Gasteiger partial charge in [-0.25, -0.2) is 0 Å². The lowest BCUT2D eigenvalue weighted by molar-refractivity contribution is 0.102. The van der Waals surface area contributed by atoms with Crippen molar-refractivity contribution in [1.82, 2.24) is 15.2 Å². The third-order valence-electron chi connectivity index (χ3n) is 3.35. The summed E-state index contributed by atoms with van der Waals surface area (Å²) in [5.74, 6) is 0.189. The molecule has 0 radical (unpaired) electrons. The molecule has 0 aliphatic rings. The number of nitrogens with one attached hydrogen (secondary N) is 2. The van der Waals surface area contributed by atoms with Crippen LogP contribution in [0.3, 0.4) is 0 Å². The smallest absolute Gasteiger partial charge is 0.276 e. The van der Waals surface area contributed by atoms with E-state index in [0.29, 0.717) is 23.6 Å². The zero-order valence-corrected chi connectivity index (χ0v) is 13.2. The van der Waals surface area contributed by atoms with E-state index >= 15 is 0 Å². The minimum absolute atomic E-state index is 0.202. The van der Waals surface area contributed by atoms with Crippen molar-refractivity contribution in [2.24, 2.45) is 0 Å². The minimum Gasteiger partial charge on any atom is -0.363 e. The molecule has 0 fully saturated rings. The molecule has 122 valence electrons. The Hall–Kier alpha value is -3.79. The van der Waals surface area contributed by atoms with Gasteiger partial charge in [0.15, 0.2) is 5.69 Å². The Labute approximate surface area is 144 Å². The highest BCUT2D eigenvalue weighted by molar-refractivity contribution is 6.02. The van der Waals surface area contributed by atoms with Crippen molar-refractivity contribution in [3.05, 3.63) is 77.7 Å². The average molecular weight is 330 g/mol. The van der Waals surface area contributed by atoms with E-state index in [2.05, 4.69) is 25.8 Å². The van der Waals surface area contributed by atoms with Gasteiger partial charge in [-0.15, -0.1) is 10.2 Å². The van der Waals surface area contributed by atoms with E-state index in [-0.39, 0.29) is 11.6 Å². The number of rotatable bonds is 5. The van der Waals surface area contributed by atoms with E-state index in [1.165, 1.54) is 0 Å². The predicted octanol–water partition coefficient (Wildman–Crippen LogP) is 2.61. The van der Waals surface area contributed by atoms with Crippen LogP contribution in [-0.4, -0.2) is 21.1 Å². The average Bonchev–Trinajstić information content (AvgIpc) is 2.68. The van der Waals surface area contributed by atoms with Gasteiger partial charge in [0.25, 0.3) is 5.91 Å². The number of carbonyl (C=O) groups is 1. The Kier molecular flexibility index (Phi) is 4.93. The number of anilines is 2. The lowest BCUT2D eigenvalue weighted by Crippen LogP contribution is -2.15. The molecule has 1 aromatic carbocycles. The Bertz CT molecular complexity index is 886. The maximum absolute atomic E-state index is 12.2. The predicted molar refractivity (Wildman–Crippen MR) is 92.7 cm³/mol. The van der Waals surface area contributed by atoms with Gasteiger partial charge in [0.1, 0.15) is 5.82 Å². The van der Waals surface area contributed by atoms with Crippen LogP contribution in [0.1, 0.15) is 21.7 Å². The number of carbonyl (C=O) groups excluding carboxylic acids is 1. The highest BCUT2D eigenvalue weighted by Gasteiger charge is 2.09. The molecular formula is C18H14N6O. The third kappa shape index (κ3) is 4.36. The van der Waals surface area contributed by atoms with Gasteiger partial charge in [0, 0.05) is 11.9 Å². The number of hydrogen-bond acceptors (Lipinski definition) is 6. The van der Waals surface area contributed by atoms with E-state index in [9.17, 15) is 4.79 Å². The maximum atomic E-state index is 12.2. The van der Waals surface area contributed by atoms with Crippen LogP contribution in [-0.2, 0) is 6.54 Å². The summed E-state index contributed by atoms with van der Waals surface area (Å²) in [4.78, 5) is 16.4. The zero-order valence-electron chi connectivity index (χ0n) is 13.2. The maximum Gasteiger partial charge on any atom is 0.276 e. The molecule has 2 heterocycles. The summed E-state index contributed by atoms with van der Waals surface area (Å²) in [6, 6.07) is 17.5. The summed E-state index contributed by atoms with van der Waals surface area (Å²) < 4.78 is 0. The topological polar surface area (TPSA) is 104 Å². The molecule has 1 amide bonds. The standard InChI is InChI=1S/C18H14N6O/c19-11-13-4-6-14(7-5-13)22-18(25)16-8-9-17(24-23-16)21-12-15-3-1-2-10-20-15/h1-10H,12H2,(H,21,24)(H,22,25). The quantitative estimate of drug-likeness (QED) is 0.745. The van der Waals surface area contributed by atoms with E-state index in [0.717, 1.165) is 5.69 Å². The lowest BCUT2D eigenvalue weighted by atomic mass is 10.2. The molecule has 3 aromatic rings. The van der Waals surface area contributed by atoms with E-state index < -0.39 is 0 Å². The summed E-state index contributed by atoms with van der Waals surface area (Å²) in [6.45, 7) is 0.520. The van der Waals surface area contributed by atoms with Gasteiger partial charge < -0.3 is 10.6 Å². The first-order valence-corrected chi connectivity index (χ1v) is 7.53. The molecule has 3 rings (SSSR count). The molecular weight excluding hydrogens is 316 g/mol. The second-order valence-corrected chi connectivity index (χ2v) is 5.12. The highest BCUT2D eigenvalue weighted by atomic mass is 16.1. The van der Waals surface area contributed by atoms with Crippen molar-refractivity contribution in [2.45, 2.75) is 6.54 Å². The molecule has 0 saturated heterocycles. The van der Waals surface area contributed by atoms with Crippen LogP contribution in [0.15, 0.2) is 60.8 Å². The van der Waals surface area contributed by atoms with Gasteiger partial charge in [-0.05, 0) is 48.5 Å². The van der Waals surface area contributed by atoms with Gasteiger partial charge in [0.2, 0.25) is 0 Å². The summed E-state index contributed by atoms with van der Waals surface area (Å²) in [6.07, 6.45) is 1.72. The summed E-state index contributed by atoms with van der Waals surface area (Å²) in [5, 5.41) is 22.5. The zero-order chi connectivity index (χ0) is 17.5. The van der Waals surface area contributed by atoms with E-state index in [1.54, 1.807) is 42.6 Å². The number of amides is 1. The van der Waals surface area contributed by atoms with Crippen LogP contribution in [0.2, 0.25) is 0 Å². The summed E-state index contributed by atoms with van der Waals surface area (Å²) in [5.41, 5.74) is 2.20. The second kappa shape index (κ2) is 7.66. The fraction of sp³-hybridized carbons (Fsp3) is 0.0556. The van der Waals surface area contributed by atoms with Crippen LogP contribution >= 0.6 is 0 Å². The molecule has 7 nitrogen and oxygen atoms in total. The number of nitrogens with zero attached hydrogens (tertiary/aromatic N) is 4. The Morgan fingerprint density at radius 2 is 1.88 bits per heavy atom. The molecule has 0 saturated carbocycles. The number of benzene rings is 1. The first kappa shape index (κ1) is 16.1. The number of pyridine rings is 1. The molecule has 0 bridgehead atoms. The lowest BCUT2D eigenvalue weighted by Gasteiger charge is -2.06. The van der Waals surface area contributed by atoms with Crippen LogP contribution in [0, 0.1) is 11.3 Å². The highest BCUT2D eigenvalue weighted by Crippen LogP contribution is 2.11. The van der Waals surface area contributed by atoms with Crippen molar-refractivity contribution >= 4 is 17.4 Å². The van der Waals surface area contributed by atoms with Crippen molar-refractivity contribution in [3.63, 3.8) is 0 Å². The summed E-state index contributed by atoms with van der Waals surface area (Å²) >= 11 is 0. The normalized spacial score (nSPS) is 9.88. The first-order valence-electron chi connectivity index (χ1n) is 7.53. The Morgan fingerprint density at radius 1 is 1.04 bits per heavy atom. The van der Waals surface area contributed by atoms with Crippen LogP contribution in [0.4, 0.5) is 11.5 Å². The first-order chi connectivity index (χ1) is 12.2. The van der Waals surface area contributed by atoms with Crippen LogP contribution < -0.4 is 10.6 Å². The van der Waals surface area contributed by atoms with E-state index in [1.807, 2.05) is 24.3 Å². The monoisotopic (exact) mass is 330 g/mol. The van der Waals surface area contributed by atoms with Gasteiger partial charge >= 0.3 is 0 Å². The SMILES string of the molecule is N#Cc1ccc(NC(=O)c2ccc(NCc3ccccn3)nn2)cc1. The Morgan fingerprint density at radius 3 is 2.52 bits per heavy atom. The molecule has 2 aromatic heterocycles. The van der Waals surface area contributed by atoms with Gasteiger partial charge in [-0.1, -0.05) is 6.07 Å². The molecule has 0 aliphatic carbocycles. The molecule has 0 atom stereocenters. The second-order valence-electron chi connectivity index (χ2n) is 5.12. The molecule has 0 unspecified atom stereocenters. The molecule has 25 heavy (non-hydrogen) atoms. The van der Waals surface area contributed by atoms with Crippen molar-refractivity contribution in [2.75, 3.05) is 10.6 Å². The Balaban J connectivity index is 1.59. The number of hydrogen-bond donors (Lipinski definition) is 2. The van der Waals surface area contributed by atoms with E-state index in [4.69, 9.17) is 5.26 Å². The fourth-order valence-corrected chi connectivity index (χ4v) is 2.05. The number of aromatic nitrogens is 3.